The Balaban J connectivity index is 1.50. The summed E-state index contributed by atoms with van der Waals surface area (Å²) in [5.41, 5.74) is 1.50. The van der Waals surface area contributed by atoms with Crippen LogP contribution in [0, 0.1) is 11.7 Å². The highest BCUT2D eigenvalue weighted by Crippen LogP contribution is 2.38. The van der Waals surface area contributed by atoms with Crippen LogP contribution >= 0.6 is 23.2 Å². The Morgan fingerprint density at radius 3 is 2.28 bits per heavy atom. The fourth-order valence-electron chi connectivity index (χ4n) is 3.52. The number of amides is 1. The maximum absolute atomic E-state index is 14.1. The van der Waals surface area contributed by atoms with E-state index in [9.17, 15) is 9.18 Å². The molecule has 0 aromatic heterocycles. The zero-order valence-electron chi connectivity index (χ0n) is 13.8. The maximum Gasteiger partial charge on any atom is 0.224 e. The van der Waals surface area contributed by atoms with E-state index in [0.29, 0.717) is 22.4 Å². The van der Waals surface area contributed by atoms with Crippen molar-refractivity contribution >= 4 is 34.8 Å². The van der Waals surface area contributed by atoms with Crippen molar-refractivity contribution in [2.24, 2.45) is 5.92 Å². The Labute approximate surface area is 157 Å². The van der Waals surface area contributed by atoms with Gasteiger partial charge < -0.3 is 5.32 Å². The molecule has 1 aliphatic carbocycles. The van der Waals surface area contributed by atoms with Crippen LogP contribution in [0.25, 0.3) is 0 Å². The van der Waals surface area contributed by atoms with Gasteiger partial charge in [-0.15, -0.1) is 0 Å². The number of carbonyl (C=O) groups excluding carboxylic acids is 1. The molecule has 0 saturated heterocycles. The van der Waals surface area contributed by atoms with Crippen LogP contribution in [-0.4, -0.2) is 5.91 Å². The lowest BCUT2D eigenvalue weighted by Crippen LogP contribution is -2.20. The molecule has 2 aromatic carbocycles. The molecule has 2 nitrogen and oxygen atoms in total. The first kappa shape index (κ1) is 18.2. The summed E-state index contributed by atoms with van der Waals surface area (Å²) in [6.07, 6.45) is 4.16. The first-order chi connectivity index (χ1) is 12.0. The molecule has 0 heterocycles. The molecule has 0 aliphatic heterocycles. The van der Waals surface area contributed by atoms with E-state index < -0.39 is 0 Å². The molecular formula is C20H20Cl2FNO. The summed E-state index contributed by atoms with van der Waals surface area (Å²) in [6.45, 7) is 0. The van der Waals surface area contributed by atoms with Crippen LogP contribution in [-0.2, 0) is 4.79 Å². The fraction of sp³-hybridized carbons (Fsp3) is 0.350. The first-order valence-electron chi connectivity index (χ1n) is 8.51. The van der Waals surface area contributed by atoms with E-state index in [1.807, 2.05) is 0 Å². The van der Waals surface area contributed by atoms with Crippen molar-refractivity contribution in [1.29, 1.82) is 0 Å². The summed E-state index contributed by atoms with van der Waals surface area (Å²) >= 11 is 11.7. The van der Waals surface area contributed by atoms with Crippen LogP contribution in [0.3, 0.4) is 0 Å². The number of hydrogen-bond donors (Lipinski definition) is 1. The average molecular weight is 380 g/mol. The van der Waals surface area contributed by atoms with Crippen LogP contribution in [0.5, 0.6) is 0 Å². The third kappa shape index (κ3) is 4.96. The van der Waals surface area contributed by atoms with E-state index in [-0.39, 0.29) is 17.6 Å². The summed E-state index contributed by atoms with van der Waals surface area (Å²) in [5, 5.41) is 3.97. The minimum Gasteiger partial charge on any atom is -0.326 e. The van der Waals surface area contributed by atoms with E-state index in [2.05, 4.69) is 5.32 Å². The number of rotatable bonds is 4. The fourth-order valence-corrected chi connectivity index (χ4v) is 3.80. The molecule has 1 aliphatic rings. The zero-order valence-corrected chi connectivity index (χ0v) is 15.3. The van der Waals surface area contributed by atoms with Gasteiger partial charge >= 0.3 is 0 Å². The quantitative estimate of drug-likeness (QED) is 0.650. The molecule has 0 spiro atoms. The predicted molar refractivity (Wildman–Crippen MR) is 101 cm³/mol. The number of halogens is 3. The van der Waals surface area contributed by atoms with Crippen molar-refractivity contribution in [2.45, 2.75) is 38.0 Å². The molecule has 0 unspecified atom stereocenters. The number of carbonyl (C=O) groups is 1. The summed E-state index contributed by atoms with van der Waals surface area (Å²) in [4.78, 5) is 12.2. The van der Waals surface area contributed by atoms with Crippen molar-refractivity contribution in [3.63, 3.8) is 0 Å². The molecule has 1 amide bonds. The monoisotopic (exact) mass is 379 g/mol. The molecule has 132 valence electrons. The van der Waals surface area contributed by atoms with Crippen molar-refractivity contribution in [1.82, 2.24) is 0 Å². The van der Waals surface area contributed by atoms with Crippen molar-refractivity contribution in [2.75, 3.05) is 5.32 Å². The van der Waals surface area contributed by atoms with Gasteiger partial charge in [0.2, 0.25) is 5.91 Å². The van der Waals surface area contributed by atoms with Gasteiger partial charge in [-0.1, -0.05) is 29.3 Å². The first-order valence-corrected chi connectivity index (χ1v) is 9.27. The highest BCUT2D eigenvalue weighted by atomic mass is 35.5. The summed E-state index contributed by atoms with van der Waals surface area (Å²) in [6, 6.07) is 12.0. The number of nitrogens with one attached hydrogen (secondary N) is 1. The van der Waals surface area contributed by atoms with E-state index in [1.165, 1.54) is 6.07 Å². The normalized spacial score (nSPS) is 20.3. The standard InChI is InChI=1S/C20H20Cl2FNO/c21-15-5-8-17(9-6-15)24-20(25)11-13-1-3-14(4-2-13)18-10-7-16(22)12-19(18)23/h5-10,12-14H,1-4,11H2,(H,24,25)/t13-,14-. The van der Waals surface area contributed by atoms with Gasteiger partial charge in [0.1, 0.15) is 5.82 Å². The van der Waals surface area contributed by atoms with Crippen LogP contribution in [0.4, 0.5) is 10.1 Å². The topological polar surface area (TPSA) is 29.1 Å². The van der Waals surface area contributed by atoms with Crippen LogP contribution < -0.4 is 5.32 Å². The second-order valence-electron chi connectivity index (χ2n) is 6.64. The molecule has 25 heavy (non-hydrogen) atoms. The highest BCUT2D eigenvalue weighted by molar-refractivity contribution is 6.30. The van der Waals surface area contributed by atoms with Crippen molar-refractivity contribution in [3.8, 4) is 0 Å². The third-order valence-corrected chi connectivity index (χ3v) is 5.34. The second kappa shape index (κ2) is 8.20. The van der Waals surface area contributed by atoms with Crippen molar-refractivity contribution < 1.29 is 9.18 Å². The Kier molecular flexibility index (Phi) is 5.98. The Morgan fingerprint density at radius 1 is 1.00 bits per heavy atom. The van der Waals surface area contributed by atoms with Gasteiger partial charge in [-0.2, -0.15) is 0 Å². The van der Waals surface area contributed by atoms with Crippen LogP contribution in [0.1, 0.15) is 43.6 Å². The van der Waals surface area contributed by atoms with Crippen molar-refractivity contribution in [3.05, 3.63) is 63.9 Å². The second-order valence-corrected chi connectivity index (χ2v) is 7.52. The smallest absolute Gasteiger partial charge is 0.224 e. The molecule has 0 radical (unpaired) electrons. The SMILES string of the molecule is O=C(C[C@H]1CC[C@H](c2ccc(Cl)cc2F)CC1)Nc1ccc(Cl)cc1. The molecule has 5 heteroatoms. The number of hydrogen-bond acceptors (Lipinski definition) is 1. The Morgan fingerprint density at radius 2 is 1.64 bits per heavy atom. The zero-order chi connectivity index (χ0) is 17.8. The van der Waals surface area contributed by atoms with Crippen LogP contribution in [0.15, 0.2) is 42.5 Å². The lowest BCUT2D eigenvalue weighted by molar-refractivity contribution is -0.117. The molecule has 3 rings (SSSR count). The van der Waals surface area contributed by atoms with E-state index >= 15 is 0 Å². The molecule has 0 atom stereocenters. The minimum atomic E-state index is -0.226. The van der Waals surface area contributed by atoms with E-state index in [4.69, 9.17) is 23.2 Å². The summed E-state index contributed by atoms with van der Waals surface area (Å²) in [5.74, 6) is 0.353. The van der Waals surface area contributed by atoms with E-state index in [0.717, 1.165) is 36.9 Å². The Hall–Kier alpha value is -1.58. The third-order valence-electron chi connectivity index (χ3n) is 4.85. The summed E-state index contributed by atoms with van der Waals surface area (Å²) < 4.78 is 14.1. The Bertz CT molecular complexity index is 740. The van der Waals surface area contributed by atoms with Gasteiger partial charge in [0.05, 0.1) is 0 Å². The van der Waals surface area contributed by atoms with Gasteiger partial charge in [-0.25, -0.2) is 4.39 Å². The van der Waals surface area contributed by atoms with Gasteiger partial charge in [-0.05, 0) is 79.5 Å². The predicted octanol–water partition coefficient (Wildman–Crippen LogP) is 6.44. The maximum atomic E-state index is 14.1. The van der Waals surface area contributed by atoms with Gasteiger partial charge in [0.25, 0.3) is 0 Å². The average Bonchev–Trinajstić information content (AvgIpc) is 2.58. The lowest BCUT2D eigenvalue weighted by atomic mass is 9.77. The largest absolute Gasteiger partial charge is 0.326 e. The molecule has 1 saturated carbocycles. The molecule has 0 bridgehead atoms. The molecule has 2 aromatic rings. The molecular weight excluding hydrogens is 360 g/mol. The number of benzene rings is 2. The molecule has 1 N–H and O–H groups in total. The molecule has 1 fully saturated rings. The minimum absolute atomic E-state index is 0.0171. The number of anilines is 1. The van der Waals surface area contributed by atoms with Gasteiger partial charge in [0, 0.05) is 22.2 Å². The van der Waals surface area contributed by atoms with Gasteiger partial charge in [0.15, 0.2) is 0 Å². The lowest BCUT2D eigenvalue weighted by Gasteiger charge is -2.28. The highest BCUT2D eigenvalue weighted by Gasteiger charge is 2.25. The van der Waals surface area contributed by atoms with Gasteiger partial charge in [-0.3, -0.25) is 4.79 Å². The van der Waals surface area contributed by atoms with E-state index in [1.54, 1.807) is 36.4 Å². The van der Waals surface area contributed by atoms with Crippen LogP contribution in [0.2, 0.25) is 10.0 Å². The summed E-state index contributed by atoms with van der Waals surface area (Å²) in [7, 11) is 0.